The zero-order chi connectivity index (χ0) is 35.2. The fraction of sp³-hybridized carbons (Fsp3) is 0.436. The molecule has 0 aliphatic carbocycles. The topological polar surface area (TPSA) is 114 Å². The van der Waals surface area contributed by atoms with E-state index in [0.29, 0.717) is 31.2 Å². The largest absolute Gasteiger partial charge is 0.461 e. The summed E-state index contributed by atoms with van der Waals surface area (Å²) in [7, 11) is -2.21. The molecule has 5 rings (SSSR count). The van der Waals surface area contributed by atoms with E-state index < -0.39 is 32.4 Å². The minimum absolute atomic E-state index is 0.0646. The van der Waals surface area contributed by atoms with E-state index in [2.05, 4.69) is 44.5 Å². The Hall–Kier alpha value is -4.28. The van der Waals surface area contributed by atoms with Crippen LogP contribution in [0.25, 0.3) is 10.8 Å². The average Bonchev–Trinajstić information content (AvgIpc) is 3.49. The summed E-state index contributed by atoms with van der Waals surface area (Å²) in [5, 5.41) is 7.90. The highest BCUT2D eigenvalue weighted by atomic mass is 28.4. The van der Waals surface area contributed by atoms with E-state index in [1.165, 1.54) is 0 Å². The maximum atomic E-state index is 14.1. The van der Waals surface area contributed by atoms with Crippen molar-refractivity contribution in [3.63, 3.8) is 0 Å². The molecule has 2 heterocycles. The fourth-order valence-corrected chi connectivity index (χ4v) is 7.19. The number of hydrogen-bond acceptors (Lipinski definition) is 6. The molecule has 0 aromatic heterocycles. The lowest BCUT2D eigenvalue weighted by Crippen LogP contribution is -2.57. The van der Waals surface area contributed by atoms with Crippen molar-refractivity contribution in [3.05, 3.63) is 96.1 Å². The van der Waals surface area contributed by atoms with Gasteiger partial charge in [0.25, 0.3) is 5.91 Å². The summed E-state index contributed by atoms with van der Waals surface area (Å²) in [6, 6.07) is 20.3. The van der Waals surface area contributed by atoms with Crippen molar-refractivity contribution in [1.29, 1.82) is 0 Å². The first-order valence-corrected chi connectivity index (χ1v) is 20.1. The number of rotatable bonds is 11. The summed E-state index contributed by atoms with van der Waals surface area (Å²) in [6.07, 6.45) is 5.99. The predicted molar refractivity (Wildman–Crippen MR) is 193 cm³/mol. The lowest BCUT2D eigenvalue weighted by Gasteiger charge is -2.38. The molecule has 10 heteroatoms. The molecule has 2 N–H and O–H groups in total. The molecule has 49 heavy (non-hydrogen) atoms. The maximum Gasteiger partial charge on any atom is 0.308 e. The zero-order valence-corrected chi connectivity index (χ0v) is 30.2. The van der Waals surface area contributed by atoms with Crippen molar-refractivity contribution in [2.24, 2.45) is 0 Å². The molecule has 0 saturated carbocycles. The van der Waals surface area contributed by atoms with Crippen molar-refractivity contribution in [3.8, 4) is 0 Å². The number of carbonyl (C=O) groups is 4. The number of nitrogens with zero attached hydrogens (tertiary/aromatic N) is 1. The minimum Gasteiger partial charge on any atom is -0.461 e. The smallest absolute Gasteiger partial charge is 0.308 e. The number of fused-ring (bicyclic) bond motifs is 2. The molecule has 260 valence electrons. The lowest BCUT2D eigenvalue weighted by atomic mass is 10.0. The Morgan fingerprint density at radius 1 is 0.918 bits per heavy atom. The standard InChI is InChI=1S/C39H49N3O6Si/c1-39(2,3)49(4,5)48-26-31(24-35(43)47-25-27-13-7-6-8-14-27)40-37(45)34-22-21-32-17-11-12-18-33(38(46)42(32)34)41-36(44)30-20-19-28-15-9-10-16-29(28)23-30/h6-16,19-20,23,31-34H,17-18,21-22,24-26H2,1-5H3,(H,40,45)(H,41,44)/b12-11-. The third-order valence-electron chi connectivity index (χ3n) is 10.1. The number of amides is 3. The summed E-state index contributed by atoms with van der Waals surface area (Å²) in [5.41, 5.74) is 1.34. The van der Waals surface area contributed by atoms with Crippen molar-refractivity contribution in [2.75, 3.05) is 6.61 Å². The molecular formula is C39H49N3O6Si. The normalized spacial score (nSPS) is 20.9. The monoisotopic (exact) mass is 683 g/mol. The average molecular weight is 684 g/mol. The lowest BCUT2D eigenvalue weighted by molar-refractivity contribution is -0.146. The van der Waals surface area contributed by atoms with Crippen LogP contribution in [0.4, 0.5) is 0 Å². The summed E-state index contributed by atoms with van der Waals surface area (Å²) in [6.45, 7) is 10.9. The Labute approximate surface area is 290 Å². The van der Waals surface area contributed by atoms with Gasteiger partial charge in [-0.1, -0.05) is 93.6 Å². The van der Waals surface area contributed by atoms with Gasteiger partial charge >= 0.3 is 5.97 Å². The Balaban J connectivity index is 1.29. The zero-order valence-electron chi connectivity index (χ0n) is 29.2. The van der Waals surface area contributed by atoms with Gasteiger partial charge in [-0.15, -0.1) is 0 Å². The maximum absolute atomic E-state index is 14.1. The van der Waals surface area contributed by atoms with Crippen LogP contribution < -0.4 is 10.6 Å². The molecule has 2 aliphatic rings. The second-order valence-corrected chi connectivity index (χ2v) is 19.5. The molecular weight excluding hydrogens is 635 g/mol. The van der Waals surface area contributed by atoms with Gasteiger partial charge < -0.3 is 24.7 Å². The highest BCUT2D eigenvalue weighted by Gasteiger charge is 2.44. The third-order valence-corrected chi connectivity index (χ3v) is 14.6. The Morgan fingerprint density at radius 2 is 1.61 bits per heavy atom. The van der Waals surface area contributed by atoms with Gasteiger partial charge in [-0.2, -0.15) is 0 Å². The highest BCUT2D eigenvalue weighted by molar-refractivity contribution is 6.74. The second kappa shape index (κ2) is 15.5. The van der Waals surface area contributed by atoms with Crippen LogP contribution in [0.15, 0.2) is 84.9 Å². The molecule has 0 bridgehead atoms. The molecule has 2 aliphatic heterocycles. The van der Waals surface area contributed by atoms with Gasteiger partial charge in [-0.05, 0) is 72.3 Å². The Kier molecular flexibility index (Phi) is 11.4. The van der Waals surface area contributed by atoms with Crippen molar-refractivity contribution >= 4 is 42.8 Å². The van der Waals surface area contributed by atoms with Gasteiger partial charge in [0.1, 0.15) is 18.7 Å². The van der Waals surface area contributed by atoms with Gasteiger partial charge in [-0.25, -0.2) is 0 Å². The fourth-order valence-electron chi connectivity index (χ4n) is 6.14. The summed E-state index contributed by atoms with van der Waals surface area (Å²) in [4.78, 5) is 56.2. The van der Waals surface area contributed by atoms with Crippen LogP contribution in [-0.4, -0.2) is 67.7 Å². The minimum atomic E-state index is -2.21. The van der Waals surface area contributed by atoms with Crippen LogP contribution in [0.5, 0.6) is 0 Å². The first-order valence-electron chi connectivity index (χ1n) is 17.2. The van der Waals surface area contributed by atoms with Crippen LogP contribution in [0.1, 0.15) is 68.8 Å². The van der Waals surface area contributed by atoms with Gasteiger partial charge in [0.15, 0.2) is 8.32 Å². The van der Waals surface area contributed by atoms with Crippen LogP contribution in [-0.2, 0) is 30.2 Å². The van der Waals surface area contributed by atoms with Crippen molar-refractivity contribution in [2.45, 2.75) is 102 Å². The highest BCUT2D eigenvalue weighted by Crippen LogP contribution is 2.37. The molecule has 0 spiro atoms. The SMILES string of the molecule is CC(C)(C)[Si](C)(C)OCC(CC(=O)OCc1ccccc1)NC(=O)C1CCC2C/C=C\CC(NC(=O)c3ccc4ccccc4c3)C(=O)N21. The van der Waals surface area contributed by atoms with Gasteiger partial charge in [0, 0.05) is 11.6 Å². The van der Waals surface area contributed by atoms with Crippen LogP contribution in [0, 0.1) is 0 Å². The van der Waals surface area contributed by atoms with Crippen molar-refractivity contribution < 1.29 is 28.3 Å². The van der Waals surface area contributed by atoms with Gasteiger partial charge in [0.05, 0.1) is 19.1 Å². The van der Waals surface area contributed by atoms with Gasteiger partial charge in [-0.3, -0.25) is 19.2 Å². The predicted octanol–water partition coefficient (Wildman–Crippen LogP) is 6.29. The molecule has 9 nitrogen and oxygen atoms in total. The number of nitrogens with one attached hydrogen (secondary N) is 2. The number of hydrogen-bond donors (Lipinski definition) is 2. The van der Waals surface area contributed by atoms with E-state index in [-0.39, 0.29) is 48.4 Å². The number of benzene rings is 3. The van der Waals surface area contributed by atoms with Crippen LogP contribution in [0.2, 0.25) is 18.1 Å². The first-order chi connectivity index (χ1) is 23.3. The van der Waals surface area contributed by atoms with Crippen LogP contribution >= 0.6 is 0 Å². The quantitative estimate of drug-likeness (QED) is 0.140. The summed E-state index contributed by atoms with van der Waals surface area (Å²) >= 11 is 0. The molecule has 4 unspecified atom stereocenters. The van der Waals surface area contributed by atoms with E-state index in [1.807, 2.05) is 78.9 Å². The van der Waals surface area contributed by atoms with Crippen LogP contribution in [0.3, 0.4) is 0 Å². The van der Waals surface area contributed by atoms with E-state index in [9.17, 15) is 19.2 Å². The Morgan fingerprint density at radius 3 is 2.35 bits per heavy atom. The molecule has 3 amide bonds. The van der Waals surface area contributed by atoms with E-state index in [1.54, 1.807) is 11.0 Å². The third kappa shape index (κ3) is 9.04. The van der Waals surface area contributed by atoms with E-state index >= 15 is 0 Å². The van der Waals surface area contributed by atoms with E-state index in [4.69, 9.17) is 9.16 Å². The summed E-state index contributed by atoms with van der Waals surface area (Å²) in [5.74, 6) is -1.40. The molecule has 3 aromatic rings. The molecule has 1 saturated heterocycles. The number of esters is 1. The second-order valence-electron chi connectivity index (χ2n) is 14.7. The first kappa shape index (κ1) is 36.0. The van der Waals surface area contributed by atoms with Gasteiger partial charge in [0.2, 0.25) is 11.8 Å². The molecule has 3 aromatic carbocycles. The Bertz CT molecular complexity index is 1680. The van der Waals surface area contributed by atoms with E-state index in [0.717, 1.165) is 16.3 Å². The molecule has 1 fully saturated rings. The number of carbonyl (C=O) groups excluding carboxylic acids is 4. The molecule has 0 radical (unpaired) electrons. The summed E-state index contributed by atoms with van der Waals surface area (Å²) < 4.78 is 12.0. The van der Waals surface area contributed by atoms with Crippen molar-refractivity contribution in [1.82, 2.24) is 15.5 Å². The molecule has 4 atom stereocenters. The number of ether oxygens (including phenoxy) is 1.